The van der Waals surface area contributed by atoms with Gasteiger partial charge in [0.1, 0.15) is 17.6 Å². The molecule has 3 N–H and O–H groups in total. The Kier molecular flexibility index (Phi) is 3.69. The van der Waals surface area contributed by atoms with Crippen LogP contribution in [0.25, 0.3) is 0 Å². The highest BCUT2D eigenvalue weighted by Gasteiger charge is 2.31. The highest BCUT2D eigenvalue weighted by molar-refractivity contribution is 5.58. The van der Waals surface area contributed by atoms with Crippen molar-refractivity contribution in [3.63, 3.8) is 0 Å². The molecule has 5 nitrogen and oxygen atoms in total. The maximum absolute atomic E-state index is 9.45. The van der Waals surface area contributed by atoms with Crippen LogP contribution in [0.3, 0.4) is 0 Å². The molecule has 0 radical (unpaired) electrons. The van der Waals surface area contributed by atoms with Gasteiger partial charge >= 0.3 is 0 Å². The third-order valence-corrected chi connectivity index (χ3v) is 3.65. The van der Waals surface area contributed by atoms with E-state index in [0.717, 1.165) is 17.0 Å². The van der Waals surface area contributed by atoms with Crippen molar-refractivity contribution in [1.82, 2.24) is 5.43 Å². The monoisotopic (exact) mass is 292 g/mol. The van der Waals surface area contributed by atoms with Crippen molar-refractivity contribution in [2.75, 3.05) is 12.1 Å². The van der Waals surface area contributed by atoms with E-state index in [2.05, 4.69) is 11.5 Å². The minimum atomic E-state index is -0.267. The second-order valence-corrected chi connectivity index (χ2v) is 4.92. The molecule has 2 aromatic carbocycles. The summed E-state index contributed by atoms with van der Waals surface area (Å²) in [6, 6.07) is 19.2. The number of hydrogen-bond acceptors (Lipinski definition) is 5. The fraction of sp³-hybridized carbons (Fsp3) is 0.118. The number of ether oxygens (including phenoxy) is 1. The predicted molar refractivity (Wildman–Crippen MR) is 84.6 cm³/mol. The lowest BCUT2D eigenvalue weighted by Gasteiger charge is -2.21. The summed E-state index contributed by atoms with van der Waals surface area (Å²) in [5.74, 6) is 1.20. The zero-order valence-corrected chi connectivity index (χ0v) is 12.2. The number of para-hydroxylation sites is 1. The number of rotatable bonds is 3. The van der Waals surface area contributed by atoms with Crippen molar-refractivity contribution in [1.29, 1.82) is 5.26 Å². The van der Waals surface area contributed by atoms with Crippen LogP contribution in [0, 0.1) is 11.3 Å². The number of hydrazine groups is 1. The second kappa shape index (κ2) is 5.80. The Morgan fingerprint density at radius 2 is 1.82 bits per heavy atom. The summed E-state index contributed by atoms with van der Waals surface area (Å²) in [7, 11) is 1.62. The minimum Gasteiger partial charge on any atom is -0.497 e. The summed E-state index contributed by atoms with van der Waals surface area (Å²) in [6.07, 6.45) is 0. The highest BCUT2D eigenvalue weighted by atomic mass is 16.5. The first kappa shape index (κ1) is 14.0. The van der Waals surface area contributed by atoms with Crippen molar-refractivity contribution in [2.24, 2.45) is 5.73 Å². The molecule has 0 aliphatic carbocycles. The van der Waals surface area contributed by atoms with E-state index in [0.29, 0.717) is 11.4 Å². The quantitative estimate of drug-likeness (QED) is 0.909. The third-order valence-electron chi connectivity index (χ3n) is 3.65. The second-order valence-electron chi connectivity index (χ2n) is 4.92. The molecule has 0 amide bonds. The third kappa shape index (κ3) is 2.36. The lowest BCUT2D eigenvalue weighted by molar-refractivity contribution is 0.414. The smallest absolute Gasteiger partial charge is 0.134 e. The maximum Gasteiger partial charge on any atom is 0.134 e. The van der Waals surface area contributed by atoms with E-state index in [1.807, 2.05) is 54.6 Å². The number of hydrogen-bond donors (Lipinski definition) is 2. The predicted octanol–water partition coefficient (Wildman–Crippen LogP) is 2.45. The Balaban J connectivity index is 1.95. The molecule has 1 aliphatic heterocycles. The zero-order chi connectivity index (χ0) is 15.5. The number of anilines is 1. The molecule has 0 spiro atoms. The van der Waals surface area contributed by atoms with Crippen molar-refractivity contribution in [3.05, 3.63) is 71.6 Å². The van der Waals surface area contributed by atoms with Gasteiger partial charge in [-0.25, -0.2) is 5.43 Å². The summed E-state index contributed by atoms with van der Waals surface area (Å²) in [5, 5.41) is 11.2. The molecule has 3 rings (SSSR count). The summed E-state index contributed by atoms with van der Waals surface area (Å²) >= 11 is 0. The van der Waals surface area contributed by atoms with Gasteiger partial charge in [0.15, 0.2) is 0 Å². The van der Waals surface area contributed by atoms with Crippen LogP contribution >= 0.6 is 0 Å². The van der Waals surface area contributed by atoms with Gasteiger partial charge in [-0.3, -0.25) is 5.01 Å². The van der Waals surface area contributed by atoms with Gasteiger partial charge in [0.2, 0.25) is 0 Å². The van der Waals surface area contributed by atoms with Crippen LogP contribution in [-0.2, 0) is 0 Å². The summed E-state index contributed by atoms with van der Waals surface area (Å²) in [6.45, 7) is 0. The highest BCUT2D eigenvalue weighted by Crippen LogP contribution is 2.33. The van der Waals surface area contributed by atoms with Crippen LogP contribution in [0.2, 0.25) is 0 Å². The Morgan fingerprint density at radius 1 is 1.14 bits per heavy atom. The number of benzene rings is 2. The lowest BCUT2D eigenvalue weighted by atomic mass is 10.0. The van der Waals surface area contributed by atoms with E-state index in [4.69, 9.17) is 10.5 Å². The van der Waals surface area contributed by atoms with Gasteiger partial charge in [0.25, 0.3) is 0 Å². The first-order valence-corrected chi connectivity index (χ1v) is 6.89. The van der Waals surface area contributed by atoms with Crippen molar-refractivity contribution in [2.45, 2.75) is 6.04 Å². The van der Waals surface area contributed by atoms with Crippen LogP contribution in [0.4, 0.5) is 5.69 Å². The molecule has 1 atom stereocenters. The first-order chi connectivity index (χ1) is 10.7. The molecule has 0 saturated heterocycles. The molecule has 2 aromatic rings. The van der Waals surface area contributed by atoms with E-state index in [-0.39, 0.29) is 6.04 Å². The fourth-order valence-corrected chi connectivity index (χ4v) is 2.48. The average molecular weight is 292 g/mol. The van der Waals surface area contributed by atoms with Crippen molar-refractivity contribution in [3.8, 4) is 11.8 Å². The molecule has 110 valence electrons. The molecule has 0 saturated carbocycles. The average Bonchev–Trinajstić information content (AvgIpc) is 2.92. The summed E-state index contributed by atoms with van der Waals surface area (Å²) < 4.78 is 5.16. The van der Waals surface area contributed by atoms with Crippen LogP contribution in [0.15, 0.2) is 66.0 Å². The number of methoxy groups -OCH3 is 1. The van der Waals surface area contributed by atoms with Crippen molar-refractivity contribution < 1.29 is 4.74 Å². The SMILES string of the molecule is COc1ccc(C2NN(c3ccccc3)C(N)=C2C#N)cc1. The van der Waals surface area contributed by atoms with Gasteiger partial charge in [-0.2, -0.15) is 5.26 Å². The van der Waals surface area contributed by atoms with E-state index in [1.165, 1.54) is 0 Å². The Hall–Kier alpha value is -2.97. The molecule has 0 aromatic heterocycles. The molecule has 1 aliphatic rings. The molecular formula is C17H16N4O. The van der Waals surface area contributed by atoms with E-state index < -0.39 is 0 Å². The van der Waals surface area contributed by atoms with Gasteiger partial charge in [-0.1, -0.05) is 30.3 Å². The standard InChI is InChI=1S/C17H16N4O/c1-22-14-9-7-12(8-10-14)16-15(11-18)17(19)21(20-16)13-5-3-2-4-6-13/h2-10,16,20H,19H2,1H3. The topological polar surface area (TPSA) is 74.3 Å². The number of nitriles is 1. The van der Waals surface area contributed by atoms with Gasteiger partial charge in [0, 0.05) is 0 Å². The molecule has 5 heteroatoms. The summed E-state index contributed by atoms with van der Waals surface area (Å²) in [5.41, 5.74) is 11.8. The van der Waals surface area contributed by atoms with Gasteiger partial charge in [-0.05, 0) is 29.8 Å². The van der Waals surface area contributed by atoms with Crippen LogP contribution in [0.1, 0.15) is 11.6 Å². The van der Waals surface area contributed by atoms with E-state index >= 15 is 0 Å². The summed E-state index contributed by atoms with van der Waals surface area (Å²) in [4.78, 5) is 0. The largest absolute Gasteiger partial charge is 0.497 e. The van der Waals surface area contributed by atoms with E-state index in [1.54, 1.807) is 12.1 Å². The Morgan fingerprint density at radius 3 is 2.41 bits per heavy atom. The molecular weight excluding hydrogens is 276 g/mol. The van der Waals surface area contributed by atoms with Gasteiger partial charge in [-0.15, -0.1) is 0 Å². The van der Waals surface area contributed by atoms with Crippen LogP contribution in [0.5, 0.6) is 5.75 Å². The molecule has 22 heavy (non-hydrogen) atoms. The molecule has 1 unspecified atom stereocenters. The number of nitrogens with one attached hydrogen (secondary N) is 1. The maximum atomic E-state index is 9.45. The first-order valence-electron chi connectivity index (χ1n) is 6.89. The number of nitrogens with zero attached hydrogens (tertiary/aromatic N) is 2. The van der Waals surface area contributed by atoms with Crippen molar-refractivity contribution >= 4 is 5.69 Å². The Bertz CT molecular complexity index is 732. The van der Waals surface area contributed by atoms with Crippen LogP contribution in [-0.4, -0.2) is 7.11 Å². The van der Waals surface area contributed by atoms with Crippen LogP contribution < -0.4 is 20.9 Å². The Labute approximate surface area is 129 Å². The van der Waals surface area contributed by atoms with Gasteiger partial charge in [0.05, 0.1) is 24.4 Å². The number of nitrogens with two attached hydrogens (primary N) is 1. The normalized spacial score (nSPS) is 17.5. The van der Waals surface area contributed by atoms with Gasteiger partial charge < -0.3 is 10.5 Å². The zero-order valence-electron chi connectivity index (χ0n) is 12.2. The molecule has 0 fully saturated rings. The fourth-order valence-electron chi connectivity index (χ4n) is 2.48. The molecule has 1 heterocycles. The minimum absolute atomic E-state index is 0.267. The molecule has 0 bridgehead atoms. The van der Waals surface area contributed by atoms with E-state index in [9.17, 15) is 5.26 Å². The lowest BCUT2D eigenvalue weighted by Crippen LogP contribution is -2.35.